The van der Waals surface area contributed by atoms with Crippen molar-refractivity contribution in [1.29, 1.82) is 0 Å². The van der Waals surface area contributed by atoms with Crippen LogP contribution < -0.4 is 11.1 Å². The lowest BCUT2D eigenvalue weighted by Gasteiger charge is -2.16. The van der Waals surface area contributed by atoms with Crippen molar-refractivity contribution in [2.75, 3.05) is 11.1 Å². The molecule has 2 aromatic rings. The Morgan fingerprint density at radius 1 is 1.33 bits per heavy atom. The molecular weight excluding hydrogens is 308 g/mol. The molecule has 0 radical (unpaired) electrons. The quantitative estimate of drug-likeness (QED) is 0.815. The van der Waals surface area contributed by atoms with Crippen LogP contribution in [0.1, 0.15) is 16.7 Å². The van der Waals surface area contributed by atoms with Crippen molar-refractivity contribution >= 4 is 38.6 Å². The highest BCUT2D eigenvalue weighted by atomic mass is 79.9. The number of hydrogen-bond donors (Lipinski definition) is 2. The van der Waals surface area contributed by atoms with E-state index in [9.17, 15) is 0 Å². The summed E-state index contributed by atoms with van der Waals surface area (Å²) in [5.74, 6) is 0. The van der Waals surface area contributed by atoms with Crippen molar-refractivity contribution in [3.05, 3.63) is 44.6 Å². The number of nitrogens with one attached hydrogen (secondary N) is 1. The molecule has 1 aromatic carbocycles. The predicted molar refractivity (Wildman–Crippen MR) is 84.4 cm³/mol. The number of hydrogen-bond acceptors (Lipinski definition) is 3. The van der Waals surface area contributed by atoms with E-state index in [0.29, 0.717) is 6.04 Å². The third-order valence-corrected chi connectivity index (χ3v) is 4.38. The molecule has 0 aliphatic rings. The molecule has 4 heteroatoms. The highest BCUT2D eigenvalue weighted by molar-refractivity contribution is 9.10. The topological polar surface area (TPSA) is 38.0 Å². The molecule has 1 unspecified atom stereocenters. The second kappa shape index (κ2) is 5.76. The molecule has 18 heavy (non-hydrogen) atoms. The van der Waals surface area contributed by atoms with Gasteiger partial charge < -0.3 is 11.1 Å². The van der Waals surface area contributed by atoms with Crippen LogP contribution in [0.4, 0.5) is 11.4 Å². The SMILES string of the molecule is Cc1ccc(CC(C)Nc2ccc(N)cc2Br)s1. The monoisotopic (exact) mass is 324 g/mol. The van der Waals surface area contributed by atoms with Crippen molar-refractivity contribution in [3.8, 4) is 0 Å². The van der Waals surface area contributed by atoms with Gasteiger partial charge in [-0.2, -0.15) is 0 Å². The lowest BCUT2D eigenvalue weighted by Crippen LogP contribution is -2.17. The van der Waals surface area contributed by atoms with Gasteiger partial charge in [-0.3, -0.25) is 0 Å². The van der Waals surface area contributed by atoms with Gasteiger partial charge in [0.2, 0.25) is 0 Å². The summed E-state index contributed by atoms with van der Waals surface area (Å²) in [6, 6.07) is 10.6. The van der Waals surface area contributed by atoms with Gasteiger partial charge in [0.15, 0.2) is 0 Å². The number of anilines is 2. The highest BCUT2D eigenvalue weighted by Crippen LogP contribution is 2.26. The molecule has 0 bridgehead atoms. The highest BCUT2D eigenvalue weighted by Gasteiger charge is 2.07. The van der Waals surface area contributed by atoms with Gasteiger partial charge in [-0.15, -0.1) is 11.3 Å². The van der Waals surface area contributed by atoms with E-state index >= 15 is 0 Å². The van der Waals surface area contributed by atoms with E-state index in [4.69, 9.17) is 5.73 Å². The minimum atomic E-state index is 0.392. The maximum absolute atomic E-state index is 5.73. The Morgan fingerprint density at radius 2 is 2.11 bits per heavy atom. The van der Waals surface area contributed by atoms with Gasteiger partial charge in [-0.05, 0) is 60.1 Å². The first-order chi connectivity index (χ1) is 8.54. The molecule has 0 saturated heterocycles. The number of halogens is 1. The molecule has 2 nitrogen and oxygen atoms in total. The minimum absolute atomic E-state index is 0.392. The summed E-state index contributed by atoms with van der Waals surface area (Å²) in [7, 11) is 0. The van der Waals surface area contributed by atoms with Crippen LogP contribution in [0, 0.1) is 6.92 Å². The molecule has 96 valence electrons. The van der Waals surface area contributed by atoms with Crippen LogP contribution in [0.2, 0.25) is 0 Å². The third kappa shape index (κ3) is 3.50. The average molecular weight is 325 g/mol. The van der Waals surface area contributed by atoms with E-state index < -0.39 is 0 Å². The second-order valence-electron chi connectivity index (χ2n) is 4.50. The minimum Gasteiger partial charge on any atom is -0.399 e. The first kappa shape index (κ1) is 13.4. The first-order valence-electron chi connectivity index (χ1n) is 5.91. The fourth-order valence-corrected chi connectivity index (χ4v) is 3.39. The number of benzene rings is 1. The van der Waals surface area contributed by atoms with Crippen LogP contribution in [-0.2, 0) is 6.42 Å². The molecule has 0 amide bonds. The van der Waals surface area contributed by atoms with Gasteiger partial charge >= 0.3 is 0 Å². The zero-order chi connectivity index (χ0) is 13.1. The van der Waals surface area contributed by atoms with E-state index in [-0.39, 0.29) is 0 Å². The lowest BCUT2D eigenvalue weighted by molar-refractivity contribution is 0.800. The van der Waals surface area contributed by atoms with Crippen molar-refractivity contribution in [3.63, 3.8) is 0 Å². The lowest BCUT2D eigenvalue weighted by atomic mass is 10.2. The van der Waals surface area contributed by atoms with Gasteiger partial charge in [0.25, 0.3) is 0 Å². The van der Waals surface area contributed by atoms with Crippen LogP contribution in [0.25, 0.3) is 0 Å². The standard InChI is InChI=1S/C14H17BrN2S/c1-9(7-12-5-3-10(2)18-12)17-14-6-4-11(16)8-13(14)15/h3-6,8-9,17H,7,16H2,1-2H3. The van der Waals surface area contributed by atoms with Gasteiger partial charge in [0, 0.05) is 38.1 Å². The Morgan fingerprint density at radius 3 is 2.72 bits per heavy atom. The Hall–Kier alpha value is -1.000. The van der Waals surface area contributed by atoms with E-state index in [1.165, 1.54) is 9.75 Å². The second-order valence-corrected chi connectivity index (χ2v) is 6.73. The van der Waals surface area contributed by atoms with Crippen molar-refractivity contribution in [1.82, 2.24) is 0 Å². The van der Waals surface area contributed by atoms with E-state index in [1.54, 1.807) is 0 Å². The normalized spacial score (nSPS) is 12.4. The summed E-state index contributed by atoms with van der Waals surface area (Å²) >= 11 is 5.39. The summed E-state index contributed by atoms with van der Waals surface area (Å²) < 4.78 is 1.01. The number of aryl methyl sites for hydroxylation is 1. The van der Waals surface area contributed by atoms with E-state index in [2.05, 4.69) is 47.2 Å². The number of rotatable bonds is 4. The summed E-state index contributed by atoms with van der Waals surface area (Å²) in [4.78, 5) is 2.78. The fourth-order valence-electron chi connectivity index (χ4n) is 1.86. The van der Waals surface area contributed by atoms with Gasteiger partial charge in [0.05, 0.1) is 0 Å². The molecule has 0 aliphatic heterocycles. The summed E-state index contributed by atoms with van der Waals surface area (Å²) in [6.45, 7) is 4.33. The molecule has 1 aromatic heterocycles. The molecule has 0 saturated carbocycles. The van der Waals surface area contributed by atoms with Crippen molar-refractivity contribution in [2.45, 2.75) is 26.3 Å². The largest absolute Gasteiger partial charge is 0.399 e. The van der Waals surface area contributed by atoms with E-state index in [0.717, 1.165) is 22.3 Å². The van der Waals surface area contributed by atoms with Crippen LogP contribution >= 0.6 is 27.3 Å². The maximum atomic E-state index is 5.73. The van der Waals surface area contributed by atoms with Crippen LogP contribution in [0.15, 0.2) is 34.8 Å². The molecule has 3 N–H and O–H groups in total. The number of nitrogen functional groups attached to an aromatic ring is 1. The molecular formula is C14H17BrN2S. The average Bonchev–Trinajstić information content (AvgIpc) is 2.68. The molecule has 0 fully saturated rings. The number of thiophene rings is 1. The molecule has 1 atom stereocenters. The first-order valence-corrected chi connectivity index (χ1v) is 7.52. The Bertz CT molecular complexity index is 536. The van der Waals surface area contributed by atoms with Crippen LogP contribution in [-0.4, -0.2) is 6.04 Å². The Labute approximate surface area is 120 Å². The van der Waals surface area contributed by atoms with Gasteiger partial charge in [-0.25, -0.2) is 0 Å². The summed E-state index contributed by atoms with van der Waals surface area (Å²) in [5, 5.41) is 3.50. The fraction of sp³-hybridized carbons (Fsp3) is 0.286. The van der Waals surface area contributed by atoms with Crippen molar-refractivity contribution in [2.24, 2.45) is 0 Å². The zero-order valence-electron chi connectivity index (χ0n) is 10.5. The molecule has 1 heterocycles. The molecule has 0 aliphatic carbocycles. The zero-order valence-corrected chi connectivity index (χ0v) is 12.9. The third-order valence-electron chi connectivity index (χ3n) is 2.70. The summed E-state index contributed by atoms with van der Waals surface area (Å²) in [5.41, 5.74) is 7.59. The smallest absolute Gasteiger partial charge is 0.0488 e. The number of nitrogens with two attached hydrogens (primary N) is 1. The molecule has 2 rings (SSSR count). The van der Waals surface area contributed by atoms with Gasteiger partial charge in [0.1, 0.15) is 0 Å². The summed E-state index contributed by atoms with van der Waals surface area (Å²) in [6.07, 6.45) is 1.04. The van der Waals surface area contributed by atoms with E-state index in [1.807, 2.05) is 29.5 Å². The van der Waals surface area contributed by atoms with Crippen LogP contribution in [0.3, 0.4) is 0 Å². The van der Waals surface area contributed by atoms with Gasteiger partial charge in [-0.1, -0.05) is 0 Å². The van der Waals surface area contributed by atoms with Crippen LogP contribution in [0.5, 0.6) is 0 Å². The maximum Gasteiger partial charge on any atom is 0.0488 e. The Kier molecular flexibility index (Phi) is 4.30. The predicted octanol–water partition coefficient (Wildman–Crippen LogP) is 4.44. The molecule has 0 spiro atoms. The Balaban J connectivity index is 2.00. The van der Waals surface area contributed by atoms with Crippen molar-refractivity contribution < 1.29 is 0 Å².